The number of hydrogen-bond donors (Lipinski definition) is 1. The van der Waals surface area contributed by atoms with Crippen LogP contribution in [0.15, 0.2) is 36.5 Å². The number of nitrogens with one attached hydrogen (secondary N) is 1. The summed E-state index contributed by atoms with van der Waals surface area (Å²) in [5, 5.41) is 3.41. The molecule has 1 fully saturated rings. The Morgan fingerprint density at radius 3 is 2.73 bits per heavy atom. The van der Waals surface area contributed by atoms with Gasteiger partial charge in [-0.3, -0.25) is 4.79 Å². The van der Waals surface area contributed by atoms with Crippen molar-refractivity contribution < 1.29 is 9.53 Å². The summed E-state index contributed by atoms with van der Waals surface area (Å²) in [5.41, 5.74) is 2.48. The first kappa shape index (κ1) is 20.4. The van der Waals surface area contributed by atoms with Gasteiger partial charge in [0.05, 0.1) is 17.8 Å². The minimum absolute atomic E-state index is 0.00157. The lowest BCUT2D eigenvalue weighted by molar-refractivity contribution is -0.130. The van der Waals surface area contributed by atoms with Crippen molar-refractivity contribution in [1.82, 2.24) is 14.9 Å². The van der Waals surface area contributed by atoms with Crippen LogP contribution in [-0.2, 0) is 21.6 Å². The molecule has 0 aliphatic carbocycles. The van der Waals surface area contributed by atoms with Gasteiger partial charge in [0.25, 0.3) is 5.91 Å². The summed E-state index contributed by atoms with van der Waals surface area (Å²) in [5.74, 6) is 6.39. The van der Waals surface area contributed by atoms with Crippen LogP contribution >= 0.6 is 0 Å². The molecular weight excluding hydrogens is 376 g/mol. The van der Waals surface area contributed by atoms with E-state index in [1.54, 1.807) is 4.90 Å². The maximum atomic E-state index is 12.9. The number of aromatic nitrogens is 2. The van der Waals surface area contributed by atoms with Crippen LogP contribution in [-0.4, -0.2) is 40.0 Å². The number of carbonyl (C=O) groups is 1. The van der Waals surface area contributed by atoms with Gasteiger partial charge in [0, 0.05) is 36.9 Å². The summed E-state index contributed by atoms with van der Waals surface area (Å²) in [6.45, 7) is 8.03. The SMILES string of the molecule is C[C@H](C#CC(=O)N1Cc2nc(NC3CCOCC3)ncc2C1(C)C)c1ccccc1. The highest BCUT2D eigenvalue weighted by molar-refractivity contribution is 5.94. The summed E-state index contributed by atoms with van der Waals surface area (Å²) >= 11 is 0. The van der Waals surface area contributed by atoms with Gasteiger partial charge in [0.1, 0.15) is 0 Å². The third-order valence-electron chi connectivity index (χ3n) is 6.00. The van der Waals surface area contributed by atoms with Crippen LogP contribution in [0.1, 0.15) is 56.4 Å². The first-order chi connectivity index (χ1) is 14.4. The van der Waals surface area contributed by atoms with Gasteiger partial charge < -0.3 is 15.0 Å². The molecule has 1 atom stereocenters. The van der Waals surface area contributed by atoms with Crippen LogP contribution in [0.2, 0.25) is 0 Å². The molecule has 1 N–H and O–H groups in total. The topological polar surface area (TPSA) is 67.4 Å². The number of nitrogens with zero attached hydrogens (tertiary/aromatic N) is 3. The lowest BCUT2D eigenvalue weighted by Crippen LogP contribution is -2.39. The number of amides is 1. The summed E-state index contributed by atoms with van der Waals surface area (Å²) < 4.78 is 5.41. The van der Waals surface area contributed by atoms with Gasteiger partial charge in [-0.25, -0.2) is 9.97 Å². The van der Waals surface area contributed by atoms with Gasteiger partial charge in [-0.2, -0.15) is 0 Å². The highest BCUT2D eigenvalue weighted by Crippen LogP contribution is 2.37. The molecule has 0 saturated carbocycles. The summed E-state index contributed by atoms with van der Waals surface area (Å²) in [6.07, 6.45) is 3.74. The lowest BCUT2D eigenvalue weighted by Gasteiger charge is -2.30. The third-order valence-corrected chi connectivity index (χ3v) is 6.00. The average molecular weight is 405 g/mol. The van der Waals surface area contributed by atoms with E-state index in [4.69, 9.17) is 9.72 Å². The van der Waals surface area contributed by atoms with Crippen LogP contribution in [0.3, 0.4) is 0 Å². The van der Waals surface area contributed by atoms with Crippen LogP contribution in [0.25, 0.3) is 0 Å². The minimum atomic E-state index is -0.492. The Kier molecular flexibility index (Phi) is 5.74. The normalized spacial score (nSPS) is 18.8. The molecule has 1 aromatic carbocycles. The number of fused-ring (bicyclic) bond motifs is 1. The summed E-state index contributed by atoms with van der Waals surface area (Å²) in [6, 6.07) is 10.3. The van der Waals surface area contributed by atoms with E-state index >= 15 is 0 Å². The van der Waals surface area contributed by atoms with E-state index in [0.29, 0.717) is 18.5 Å². The van der Waals surface area contributed by atoms with E-state index in [9.17, 15) is 4.79 Å². The predicted molar refractivity (Wildman–Crippen MR) is 116 cm³/mol. The zero-order valence-corrected chi connectivity index (χ0v) is 17.8. The Balaban J connectivity index is 1.48. The van der Waals surface area contributed by atoms with Gasteiger partial charge in [-0.15, -0.1) is 0 Å². The number of ether oxygens (including phenoxy) is 1. The van der Waals surface area contributed by atoms with Gasteiger partial charge in [0.2, 0.25) is 5.95 Å². The van der Waals surface area contributed by atoms with Crippen LogP contribution < -0.4 is 5.32 Å². The zero-order valence-electron chi connectivity index (χ0n) is 17.8. The molecule has 2 aliphatic heterocycles. The summed E-state index contributed by atoms with van der Waals surface area (Å²) in [7, 11) is 0. The fourth-order valence-electron chi connectivity index (χ4n) is 4.02. The molecule has 2 aliphatic rings. The van der Waals surface area contributed by atoms with Crippen molar-refractivity contribution in [3.8, 4) is 11.8 Å². The lowest BCUT2D eigenvalue weighted by atomic mass is 9.97. The second-order valence-electron chi connectivity index (χ2n) is 8.44. The molecule has 1 amide bonds. The van der Waals surface area contributed by atoms with Crippen molar-refractivity contribution in [3.63, 3.8) is 0 Å². The van der Waals surface area contributed by atoms with Crippen molar-refractivity contribution in [3.05, 3.63) is 53.3 Å². The molecule has 4 rings (SSSR count). The number of benzene rings is 1. The Labute approximate surface area is 178 Å². The molecular formula is C24H28N4O2. The van der Waals surface area contributed by atoms with Crippen molar-refractivity contribution >= 4 is 11.9 Å². The van der Waals surface area contributed by atoms with E-state index < -0.39 is 5.54 Å². The molecule has 0 unspecified atom stereocenters. The first-order valence-electron chi connectivity index (χ1n) is 10.5. The minimum Gasteiger partial charge on any atom is -0.381 e. The maximum Gasteiger partial charge on any atom is 0.299 e. The molecule has 2 aromatic rings. The van der Waals surface area contributed by atoms with Crippen molar-refractivity contribution in [2.24, 2.45) is 0 Å². The van der Waals surface area contributed by atoms with E-state index in [1.165, 1.54) is 0 Å². The molecule has 6 nitrogen and oxygen atoms in total. The Morgan fingerprint density at radius 1 is 1.27 bits per heavy atom. The van der Waals surface area contributed by atoms with Gasteiger partial charge >= 0.3 is 0 Å². The van der Waals surface area contributed by atoms with Gasteiger partial charge in [-0.1, -0.05) is 36.3 Å². The molecule has 156 valence electrons. The highest BCUT2D eigenvalue weighted by Gasteiger charge is 2.41. The number of rotatable bonds is 3. The quantitative estimate of drug-likeness (QED) is 0.794. The Hall–Kier alpha value is -2.91. The van der Waals surface area contributed by atoms with E-state index in [1.807, 2.05) is 57.3 Å². The smallest absolute Gasteiger partial charge is 0.299 e. The van der Waals surface area contributed by atoms with E-state index in [-0.39, 0.29) is 11.8 Å². The highest BCUT2D eigenvalue weighted by atomic mass is 16.5. The molecule has 30 heavy (non-hydrogen) atoms. The van der Waals surface area contributed by atoms with Gasteiger partial charge in [0.15, 0.2) is 0 Å². The second-order valence-corrected chi connectivity index (χ2v) is 8.44. The fourth-order valence-corrected chi connectivity index (χ4v) is 4.02. The van der Waals surface area contributed by atoms with Crippen LogP contribution in [0.5, 0.6) is 0 Å². The van der Waals surface area contributed by atoms with Gasteiger partial charge in [-0.05, 0) is 45.1 Å². The van der Waals surface area contributed by atoms with Crippen molar-refractivity contribution in [1.29, 1.82) is 0 Å². The number of anilines is 1. The third kappa shape index (κ3) is 4.17. The molecule has 1 aromatic heterocycles. The summed E-state index contributed by atoms with van der Waals surface area (Å²) in [4.78, 5) is 24.0. The Morgan fingerprint density at radius 2 is 2.00 bits per heavy atom. The fraction of sp³-hybridized carbons (Fsp3) is 0.458. The predicted octanol–water partition coefficient (Wildman–Crippen LogP) is 3.45. The van der Waals surface area contributed by atoms with E-state index in [0.717, 1.165) is 42.9 Å². The Bertz CT molecular complexity index is 972. The van der Waals surface area contributed by atoms with Crippen molar-refractivity contribution in [2.45, 2.75) is 57.7 Å². The van der Waals surface area contributed by atoms with E-state index in [2.05, 4.69) is 22.1 Å². The molecule has 1 saturated heterocycles. The van der Waals surface area contributed by atoms with Crippen LogP contribution in [0, 0.1) is 11.8 Å². The average Bonchev–Trinajstić information content (AvgIpc) is 3.03. The zero-order chi connectivity index (χ0) is 21.1. The molecule has 0 bridgehead atoms. The maximum absolute atomic E-state index is 12.9. The van der Waals surface area contributed by atoms with Crippen LogP contribution in [0.4, 0.5) is 5.95 Å². The monoisotopic (exact) mass is 404 g/mol. The second kappa shape index (κ2) is 8.45. The molecule has 3 heterocycles. The molecule has 0 spiro atoms. The van der Waals surface area contributed by atoms with Crippen molar-refractivity contribution in [2.75, 3.05) is 18.5 Å². The standard InChI is InChI=1S/C24H28N4O2/c1-17(18-7-5-4-6-8-18)9-10-22(29)28-16-21-20(24(28,2)3)15-25-23(27-21)26-19-11-13-30-14-12-19/h4-8,15,17,19H,11-14,16H2,1-3H3,(H,25,26,27)/t17-/m1/s1. The number of hydrogen-bond acceptors (Lipinski definition) is 5. The largest absolute Gasteiger partial charge is 0.381 e. The first-order valence-corrected chi connectivity index (χ1v) is 10.5. The molecule has 0 radical (unpaired) electrons. The number of carbonyl (C=O) groups excluding carboxylic acids is 1. The molecule has 6 heteroatoms.